The van der Waals surface area contributed by atoms with Crippen LogP contribution in [-0.4, -0.2) is 61.9 Å². The van der Waals surface area contributed by atoms with E-state index >= 15 is 0 Å². The van der Waals surface area contributed by atoms with Crippen molar-refractivity contribution in [3.05, 3.63) is 12.0 Å². The molecule has 2 saturated heterocycles. The lowest BCUT2D eigenvalue weighted by atomic mass is 10.2. The average molecular weight is 294 g/mol. The van der Waals surface area contributed by atoms with Gasteiger partial charge < -0.3 is 19.4 Å². The molecule has 0 saturated carbocycles. The first-order valence-corrected chi connectivity index (χ1v) is 8.08. The summed E-state index contributed by atoms with van der Waals surface area (Å²) in [5.74, 6) is 0. The third kappa shape index (κ3) is 3.75. The number of nitrogens with zero attached hydrogens (tertiary/aromatic N) is 3. The maximum atomic E-state index is 5.65. The van der Waals surface area contributed by atoms with E-state index in [1.165, 1.54) is 6.42 Å². The van der Waals surface area contributed by atoms with Crippen molar-refractivity contribution in [2.75, 3.05) is 50.8 Å². The lowest BCUT2D eigenvalue weighted by Crippen LogP contribution is -2.44. The third-order valence-corrected chi connectivity index (χ3v) is 4.27. The van der Waals surface area contributed by atoms with Crippen molar-refractivity contribution >= 4 is 6.01 Å². The molecule has 6 nitrogen and oxygen atoms in total. The molecule has 3 heterocycles. The number of aromatic nitrogens is 1. The van der Waals surface area contributed by atoms with Crippen LogP contribution in [0.15, 0.2) is 10.7 Å². The topological polar surface area (TPSA) is 53.8 Å². The second-order valence-corrected chi connectivity index (χ2v) is 5.84. The molecule has 2 aliphatic rings. The second-order valence-electron chi connectivity index (χ2n) is 5.84. The highest BCUT2D eigenvalue weighted by Crippen LogP contribution is 2.23. The van der Waals surface area contributed by atoms with E-state index in [9.17, 15) is 0 Å². The number of oxazole rings is 1. The molecule has 6 heteroatoms. The number of nitrogens with one attached hydrogen (secondary N) is 1. The Morgan fingerprint density at radius 3 is 3.00 bits per heavy atom. The Balaban J connectivity index is 1.51. The molecule has 0 radical (unpaired) electrons. The fourth-order valence-corrected chi connectivity index (χ4v) is 3.07. The monoisotopic (exact) mass is 294 g/mol. The van der Waals surface area contributed by atoms with Gasteiger partial charge in [0.15, 0.2) is 0 Å². The minimum Gasteiger partial charge on any atom is -0.432 e. The van der Waals surface area contributed by atoms with Crippen LogP contribution in [0.1, 0.15) is 25.5 Å². The maximum Gasteiger partial charge on any atom is 0.297 e. The summed E-state index contributed by atoms with van der Waals surface area (Å²) in [4.78, 5) is 9.40. The Hall–Kier alpha value is -1.11. The summed E-state index contributed by atoms with van der Waals surface area (Å²) in [7, 11) is 0. The van der Waals surface area contributed by atoms with Crippen LogP contribution in [0.25, 0.3) is 0 Å². The molecule has 0 bridgehead atoms. The molecular formula is C15H26N4O2. The lowest BCUT2D eigenvalue weighted by molar-refractivity contribution is 0.0209. The van der Waals surface area contributed by atoms with Crippen molar-refractivity contribution in [1.29, 1.82) is 0 Å². The minimum atomic E-state index is 0.613. The zero-order valence-electron chi connectivity index (χ0n) is 12.9. The normalized spacial score (nSPS) is 23.9. The molecule has 2 fully saturated rings. The number of hydrogen-bond donors (Lipinski definition) is 1. The number of rotatable bonds is 6. The number of anilines is 1. The largest absolute Gasteiger partial charge is 0.432 e. The Morgan fingerprint density at radius 2 is 2.19 bits per heavy atom. The molecule has 21 heavy (non-hydrogen) atoms. The van der Waals surface area contributed by atoms with E-state index in [2.05, 4.69) is 27.0 Å². The van der Waals surface area contributed by atoms with Gasteiger partial charge in [-0.1, -0.05) is 6.92 Å². The van der Waals surface area contributed by atoms with Crippen molar-refractivity contribution in [3.63, 3.8) is 0 Å². The van der Waals surface area contributed by atoms with Crippen molar-refractivity contribution in [2.24, 2.45) is 0 Å². The van der Waals surface area contributed by atoms with E-state index in [1.54, 1.807) is 6.26 Å². The first-order valence-electron chi connectivity index (χ1n) is 8.08. The first-order chi connectivity index (χ1) is 10.4. The van der Waals surface area contributed by atoms with E-state index in [4.69, 9.17) is 9.15 Å². The minimum absolute atomic E-state index is 0.613. The van der Waals surface area contributed by atoms with Gasteiger partial charge in [-0.3, -0.25) is 4.90 Å². The van der Waals surface area contributed by atoms with E-state index in [-0.39, 0.29) is 0 Å². The Bertz CT molecular complexity index is 431. The highest BCUT2D eigenvalue weighted by Gasteiger charge is 2.30. The van der Waals surface area contributed by atoms with Crippen LogP contribution in [0.2, 0.25) is 0 Å². The van der Waals surface area contributed by atoms with Crippen molar-refractivity contribution in [3.8, 4) is 0 Å². The zero-order chi connectivity index (χ0) is 14.5. The molecule has 0 aliphatic carbocycles. The van der Waals surface area contributed by atoms with Gasteiger partial charge in [0.2, 0.25) is 0 Å². The molecule has 2 aliphatic heterocycles. The third-order valence-electron chi connectivity index (χ3n) is 4.27. The highest BCUT2D eigenvalue weighted by molar-refractivity contribution is 5.29. The number of hydrogen-bond acceptors (Lipinski definition) is 6. The van der Waals surface area contributed by atoms with Crippen LogP contribution in [0, 0.1) is 0 Å². The van der Waals surface area contributed by atoms with Crippen LogP contribution >= 0.6 is 0 Å². The molecule has 1 unspecified atom stereocenters. The Morgan fingerprint density at radius 1 is 1.33 bits per heavy atom. The van der Waals surface area contributed by atoms with Crippen molar-refractivity contribution < 1.29 is 9.15 Å². The summed E-state index contributed by atoms with van der Waals surface area (Å²) in [6.07, 6.45) is 4.10. The van der Waals surface area contributed by atoms with E-state index < -0.39 is 0 Å². The van der Waals surface area contributed by atoms with Crippen molar-refractivity contribution in [1.82, 2.24) is 15.2 Å². The van der Waals surface area contributed by atoms with Gasteiger partial charge in [0, 0.05) is 38.8 Å². The molecule has 0 aromatic carbocycles. The van der Waals surface area contributed by atoms with Crippen LogP contribution in [0.5, 0.6) is 0 Å². The summed E-state index contributed by atoms with van der Waals surface area (Å²) in [5, 5.41) is 3.35. The average Bonchev–Trinajstić information content (AvgIpc) is 3.17. The molecule has 0 spiro atoms. The highest BCUT2D eigenvalue weighted by atomic mass is 16.5. The zero-order valence-corrected chi connectivity index (χ0v) is 12.9. The van der Waals surface area contributed by atoms with E-state index in [1.807, 2.05) is 0 Å². The van der Waals surface area contributed by atoms with E-state index in [0.717, 1.165) is 70.6 Å². The Kier molecular flexibility index (Phi) is 5.11. The van der Waals surface area contributed by atoms with Gasteiger partial charge in [0.25, 0.3) is 6.01 Å². The summed E-state index contributed by atoms with van der Waals surface area (Å²) in [5.41, 5.74) is 0.994. The van der Waals surface area contributed by atoms with Gasteiger partial charge >= 0.3 is 0 Å². The molecule has 1 aromatic rings. The fourth-order valence-electron chi connectivity index (χ4n) is 3.07. The van der Waals surface area contributed by atoms with Gasteiger partial charge in [-0.05, 0) is 19.4 Å². The van der Waals surface area contributed by atoms with Gasteiger partial charge in [-0.2, -0.15) is 4.98 Å². The lowest BCUT2D eigenvalue weighted by Gasteiger charge is -2.31. The summed E-state index contributed by atoms with van der Waals surface area (Å²) < 4.78 is 11.1. The van der Waals surface area contributed by atoms with Crippen LogP contribution in [0.4, 0.5) is 6.01 Å². The van der Waals surface area contributed by atoms with Gasteiger partial charge in [0.1, 0.15) is 6.26 Å². The van der Waals surface area contributed by atoms with Crippen LogP contribution < -0.4 is 10.2 Å². The fraction of sp³-hybridized carbons (Fsp3) is 0.800. The Labute approximate surface area is 126 Å². The molecule has 118 valence electrons. The standard InChI is InChI=1S/C15H26N4O2/c1-2-4-16-10-13-12-21-15(17-13)19-5-3-14(11-19)18-6-8-20-9-7-18/h12,14,16H,2-11H2,1H3. The second kappa shape index (κ2) is 7.24. The van der Waals surface area contributed by atoms with E-state index in [0.29, 0.717) is 6.04 Å². The smallest absolute Gasteiger partial charge is 0.297 e. The molecule has 3 rings (SSSR count). The molecule has 1 aromatic heterocycles. The predicted octanol–water partition coefficient (Wildman–Crippen LogP) is 1.09. The van der Waals surface area contributed by atoms with Gasteiger partial charge in [-0.15, -0.1) is 0 Å². The SMILES string of the molecule is CCCNCc1coc(N2CCC(N3CCOCC3)C2)n1. The number of ether oxygens (including phenoxy) is 1. The first kappa shape index (κ1) is 14.8. The van der Waals surface area contributed by atoms with Gasteiger partial charge in [-0.25, -0.2) is 0 Å². The predicted molar refractivity (Wildman–Crippen MR) is 81.5 cm³/mol. The maximum absolute atomic E-state index is 5.65. The summed E-state index contributed by atoms with van der Waals surface area (Å²) >= 11 is 0. The van der Waals surface area contributed by atoms with Crippen LogP contribution in [-0.2, 0) is 11.3 Å². The summed E-state index contributed by atoms with van der Waals surface area (Å²) in [6.45, 7) is 9.85. The van der Waals surface area contributed by atoms with Crippen LogP contribution in [0.3, 0.4) is 0 Å². The quantitative estimate of drug-likeness (QED) is 0.793. The van der Waals surface area contributed by atoms with Crippen molar-refractivity contribution in [2.45, 2.75) is 32.4 Å². The molecule has 1 N–H and O–H groups in total. The molecule has 0 amide bonds. The number of morpholine rings is 1. The molecular weight excluding hydrogens is 268 g/mol. The summed E-state index contributed by atoms with van der Waals surface area (Å²) in [6, 6.07) is 1.39. The molecule has 1 atom stereocenters. The van der Waals surface area contributed by atoms with Gasteiger partial charge in [0.05, 0.1) is 18.9 Å².